The number of benzene rings is 2. The number of hydrogen-bond acceptors (Lipinski definition) is 2. The van der Waals surface area contributed by atoms with E-state index in [9.17, 15) is 8.78 Å². The number of rotatable bonds is 6. The molecule has 0 fully saturated rings. The molecule has 0 atom stereocenters. The van der Waals surface area contributed by atoms with E-state index in [4.69, 9.17) is 0 Å². The van der Waals surface area contributed by atoms with E-state index >= 15 is 0 Å². The molecule has 0 spiro atoms. The maximum absolute atomic E-state index is 12.4. The maximum atomic E-state index is 12.4. The van der Waals surface area contributed by atoms with Gasteiger partial charge in [0.25, 0.3) is 0 Å². The SMILES string of the molecule is CN=C(NCc1cccc(Br)c1)NCc1ccccc1OC(F)F. The lowest BCUT2D eigenvalue weighted by Gasteiger charge is -2.14. The highest BCUT2D eigenvalue weighted by Gasteiger charge is 2.09. The van der Waals surface area contributed by atoms with Crippen LogP contribution in [0.15, 0.2) is 58.0 Å². The van der Waals surface area contributed by atoms with E-state index in [-0.39, 0.29) is 5.75 Å². The second kappa shape index (κ2) is 9.22. The molecular formula is C17H18BrF2N3O. The Morgan fingerprint density at radius 2 is 1.88 bits per heavy atom. The molecule has 24 heavy (non-hydrogen) atoms. The van der Waals surface area contributed by atoms with Crippen molar-refractivity contribution < 1.29 is 13.5 Å². The zero-order valence-electron chi connectivity index (χ0n) is 13.1. The summed E-state index contributed by atoms with van der Waals surface area (Å²) in [7, 11) is 1.65. The predicted octanol–water partition coefficient (Wildman–Crippen LogP) is 3.92. The molecule has 0 amide bonds. The van der Waals surface area contributed by atoms with Crippen molar-refractivity contribution in [3.63, 3.8) is 0 Å². The lowest BCUT2D eigenvalue weighted by molar-refractivity contribution is -0.0504. The Kier molecular flexibility index (Phi) is 6.99. The summed E-state index contributed by atoms with van der Waals surface area (Å²) in [5.74, 6) is 0.726. The van der Waals surface area contributed by atoms with Crippen molar-refractivity contribution in [2.75, 3.05) is 7.05 Å². The summed E-state index contributed by atoms with van der Waals surface area (Å²) in [5, 5.41) is 6.26. The van der Waals surface area contributed by atoms with Gasteiger partial charge in [0.1, 0.15) is 5.75 Å². The Morgan fingerprint density at radius 3 is 2.58 bits per heavy atom. The first-order valence-electron chi connectivity index (χ1n) is 7.30. The first kappa shape index (κ1) is 18.2. The fraction of sp³-hybridized carbons (Fsp3) is 0.235. The Balaban J connectivity index is 1.92. The van der Waals surface area contributed by atoms with Crippen LogP contribution in [0.3, 0.4) is 0 Å². The van der Waals surface area contributed by atoms with Gasteiger partial charge < -0.3 is 15.4 Å². The van der Waals surface area contributed by atoms with Crippen molar-refractivity contribution >= 4 is 21.9 Å². The number of aliphatic imine (C=N–C) groups is 1. The van der Waals surface area contributed by atoms with E-state index < -0.39 is 6.61 Å². The third-order valence-electron chi connectivity index (χ3n) is 3.21. The number of hydrogen-bond donors (Lipinski definition) is 2. The van der Waals surface area contributed by atoms with E-state index in [1.807, 2.05) is 24.3 Å². The van der Waals surface area contributed by atoms with Gasteiger partial charge in [0, 0.05) is 30.2 Å². The monoisotopic (exact) mass is 397 g/mol. The summed E-state index contributed by atoms with van der Waals surface area (Å²) >= 11 is 3.43. The standard InChI is InChI=1S/C17H18BrF2N3O/c1-21-17(22-10-12-5-4-7-14(18)9-12)23-11-13-6-2-3-8-15(13)24-16(19)20/h2-9,16H,10-11H2,1H3,(H2,21,22,23). The smallest absolute Gasteiger partial charge is 0.387 e. The van der Waals surface area contributed by atoms with Crippen molar-refractivity contribution in [1.82, 2.24) is 10.6 Å². The minimum absolute atomic E-state index is 0.155. The van der Waals surface area contributed by atoms with E-state index in [0.717, 1.165) is 10.0 Å². The molecule has 2 rings (SSSR count). The molecule has 0 unspecified atom stereocenters. The quantitative estimate of drug-likeness (QED) is 0.573. The second-order valence-electron chi connectivity index (χ2n) is 4.90. The van der Waals surface area contributed by atoms with Crippen LogP contribution in [0, 0.1) is 0 Å². The fourth-order valence-corrected chi connectivity index (χ4v) is 2.54. The van der Waals surface area contributed by atoms with Crippen LogP contribution in [0.4, 0.5) is 8.78 Å². The van der Waals surface area contributed by atoms with Crippen molar-refractivity contribution in [2.24, 2.45) is 4.99 Å². The number of ether oxygens (including phenoxy) is 1. The van der Waals surface area contributed by atoms with Gasteiger partial charge in [-0.05, 0) is 23.8 Å². The van der Waals surface area contributed by atoms with Gasteiger partial charge in [0.05, 0.1) is 0 Å². The molecule has 7 heteroatoms. The van der Waals surface area contributed by atoms with Crippen LogP contribution in [-0.4, -0.2) is 19.6 Å². The molecule has 0 saturated heterocycles. The summed E-state index contributed by atoms with van der Waals surface area (Å²) in [5.41, 5.74) is 1.72. The highest BCUT2D eigenvalue weighted by molar-refractivity contribution is 9.10. The zero-order valence-corrected chi connectivity index (χ0v) is 14.7. The Bertz CT molecular complexity index is 695. The van der Waals surface area contributed by atoms with Gasteiger partial charge in [-0.3, -0.25) is 4.99 Å². The summed E-state index contributed by atoms with van der Waals surface area (Å²) in [4.78, 5) is 4.12. The molecule has 4 nitrogen and oxygen atoms in total. The van der Waals surface area contributed by atoms with Crippen LogP contribution in [0.2, 0.25) is 0 Å². The number of nitrogens with one attached hydrogen (secondary N) is 2. The molecule has 0 saturated carbocycles. The molecule has 2 aromatic carbocycles. The van der Waals surface area contributed by atoms with Gasteiger partial charge in [-0.1, -0.05) is 46.3 Å². The lowest BCUT2D eigenvalue weighted by Crippen LogP contribution is -2.36. The Hall–Kier alpha value is -2.15. The van der Waals surface area contributed by atoms with Gasteiger partial charge in [-0.25, -0.2) is 0 Å². The van der Waals surface area contributed by atoms with E-state index in [0.29, 0.717) is 24.6 Å². The molecular weight excluding hydrogens is 380 g/mol. The molecule has 0 aliphatic heterocycles. The third kappa shape index (κ3) is 5.81. The van der Waals surface area contributed by atoms with E-state index in [1.165, 1.54) is 6.07 Å². The average molecular weight is 398 g/mol. The molecule has 0 radical (unpaired) electrons. The number of para-hydroxylation sites is 1. The van der Waals surface area contributed by atoms with Crippen molar-refractivity contribution in [1.29, 1.82) is 0 Å². The highest BCUT2D eigenvalue weighted by atomic mass is 79.9. The fourth-order valence-electron chi connectivity index (χ4n) is 2.09. The van der Waals surface area contributed by atoms with Crippen LogP contribution in [-0.2, 0) is 13.1 Å². The summed E-state index contributed by atoms with van der Waals surface area (Å²) in [6.45, 7) is -1.94. The molecule has 128 valence electrons. The first-order valence-corrected chi connectivity index (χ1v) is 8.09. The van der Waals surface area contributed by atoms with Crippen LogP contribution < -0.4 is 15.4 Å². The van der Waals surface area contributed by atoms with Crippen molar-refractivity contribution in [3.05, 3.63) is 64.1 Å². The predicted molar refractivity (Wildman–Crippen MR) is 94.3 cm³/mol. The molecule has 0 aromatic heterocycles. The highest BCUT2D eigenvalue weighted by Crippen LogP contribution is 2.19. The van der Waals surface area contributed by atoms with Crippen molar-refractivity contribution in [2.45, 2.75) is 19.7 Å². The minimum atomic E-state index is -2.85. The van der Waals surface area contributed by atoms with Crippen LogP contribution in [0.1, 0.15) is 11.1 Å². The molecule has 0 heterocycles. The van der Waals surface area contributed by atoms with E-state index in [1.54, 1.807) is 25.2 Å². The van der Waals surface area contributed by atoms with Gasteiger partial charge in [-0.2, -0.15) is 8.78 Å². The summed E-state index contributed by atoms with van der Waals surface area (Å²) < 4.78 is 30.4. The van der Waals surface area contributed by atoms with Crippen molar-refractivity contribution in [3.8, 4) is 5.75 Å². The topological polar surface area (TPSA) is 45.7 Å². The maximum Gasteiger partial charge on any atom is 0.387 e. The van der Waals surface area contributed by atoms with Crippen LogP contribution in [0.25, 0.3) is 0 Å². The largest absolute Gasteiger partial charge is 0.434 e. The molecule has 2 aromatic rings. The molecule has 0 aliphatic carbocycles. The second-order valence-corrected chi connectivity index (χ2v) is 5.81. The normalized spacial score (nSPS) is 11.5. The summed E-state index contributed by atoms with van der Waals surface area (Å²) in [6.07, 6.45) is 0. The van der Waals surface area contributed by atoms with Gasteiger partial charge in [0.2, 0.25) is 0 Å². The first-order chi connectivity index (χ1) is 11.6. The number of guanidine groups is 1. The minimum Gasteiger partial charge on any atom is -0.434 e. The number of alkyl halides is 2. The molecule has 2 N–H and O–H groups in total. The van der Waals surface area contributed by atoms with Crippen LogP contribution in [0.5, 0.6) is 5.75 Å². The van der Waals surface area contributed by atoms with Gasteiger partial charge in [-0.15, -0.1) is 0 Å². The molecule has 0 bridgehead atoms. The number of nitrogens with zero attached hydrogens (tertiary/aromatic N) is 1. The van der Waals surface area contributed by atoms with Gasteiger partial charge >= 0.3 is 6.61 Å². The average Bonchev–Trinajstić information content (AvgIpc) is 2.56. The third-order valence-corrected chi connectivity index (χ3v) is 3.70. The summed E-state index contributed by atoms with van der Waals surface area (Å²) in [6, 6.07) is 14.6. The lowest BCUT2D eigenvalue weighted by atomic mass is 10.2. The Morgan fingerprint density at radius 1 is 1.12 bits per heavy atom. The van der Waals surface area contributed by atoms with E-state index in [2.05, 4.69) is 36.3 Å². The van der Waals surface area contributed by atoms with Crippen LogP contribution >= 0.6 is 15.9 Å². The zero-order chi connectivity index (χ0) is 17.4. The number of halogens is 3. The Labute approximate surface area is 148 Å². The molecule has 0 aliphatic rings. The van der Waals surface area contributed by atoms with Gasteiger partial charge in [0.15, 0.2) is 5.96 Å².